The van der Waals surface area contributed by atoms with Crippen LogP contribution in [0.1, 0.15) is 30.8 Å². The molecule has 0 saturated carbocycles. The van der Waals surface area contributed by atoms with Crippen LogP contribution in [0.3, 0.4) is 0 Å². The number of hydrogen-bond acceptors (Lipinski definition) is 4. The first-order valence-corrected chi connectivity index (χ1v) is 7.25. The van der Waals surface area contributed by atoms with Gasteiger partial charge in [-0.2, -0.15) is 0 Å². The first kappa shape index (κ1) is 15.9. The highest BCUT2D eigenvalue weighted by atomic mass is 16.5. The van der Waals surface area contributed by atoms with Crippen LogP contribution in [0.2, 0.25) is 0 Å². The molecule has 0 aliphatic carbocycles. The van der Waals surface area contributed by atoms with Gasteiger partial charge in [-0.3, -0.25) is 4.79 Å². The number of fused-ring (bicyclic) bond motifs is 1. The van der Waals surface area contributed by atoms with Crippen LogP contribution in [-0.4, -0.2) is 30.0 Å². The van der Waals surface area contributed by atoms with Crippen molar-refractivity contribution in [3.05, 3.63) is 42.1 Å². The number of benzene rings is 1. The molecule has 1 aromatic heterocycles. The number of pyridine rings is 1. The summed E-state index contributed by atoms with van der Waals surface area (Å²) in [6.45, 7) is 3.97. The zero-order valence-corrected chi connectivity index (χ0v) is 13.0. The number of methoxy groups -OCH3 is 1. The molecule has 0 saturated heterocycles. The number of carbonyl (C=O) groups is 2. The number of esters is 1. The third kappa shape index (κ3) is 3.81. The molecule has 22 heavy (non-hydrogen) atoms. The smallest absolute Gasteiger partial charge is 0.328 e. The van der Waals surface area contributed by atoms with Crippen molar-refractivity contribution in [1.29, 1.82) is 0 Å². The van der Waals surface area contributed by atoms with Crippen LogP contribution < -0.4 is 5.32 Å². The van der Waals surface area contributed by atoms with Gasteiger partial charge >= 0.3 is 5.97 Å². The predicted molar refractivity (Wildman–Crippen MR) is 84.5 cm³/mol. The second-order valence-corrected chi connectivity index (χ2v) is 5.57. The number of ether oxygens (including phenoxy) is 1. The van der Waals surface area contributed by atoms with E-state index >= 15 is 0 Å². The summed E-state index contributed by atoms with van der Waals surface area (Å²) in [5.41, 5.74) is 1.03. The Labute approximate surface area is 129 Å². The van der Waals surface area contributed by atoms with E-state index in [9.17, 15) is 9.59 Å². The summed E-state index contributed by atoms with van der Waals surface area (Å²) in [6.07, 6.45) is 0.520. The molecular formula is C17H20N2O3. The first-order valence-electron chi connectivity index (χ1n) is 7.25. The molecule has 0 spiro atoms. The van der Waals surface area contributed by atoms with Crippen molar-refractivity contribution in [3.63, 3.8) is 0 Å². The van der Waals surface area contributed by atoms with Gasteiger partial charge in [-0.1, -0.05) is 38.1 Å². The van der Waals surface area contributed by atoms with Crippen LogP contribution >= 0.6 is 0 Å². The zero-order valence-electron chi connectivity index (χ0n) is 13.0. The van der Waals surface area contributed by atoms with Gasteiger partial charge < -0.3 is 10.1 Å². The largest absolute Gasteiger partial charge is 0.467 e. The number of amides is 1. The Hall–Kier alpha value is -2.43. The third-order valence-electron chi connectivity index (χ3n) is 3.33. The van der Waals surface area contributed by atoms with Gasteiger partial charge in [0.15, 0.2) is 0 Å². The lowest BCUT2D eigenvalue weighted by molar-refractivity contribution is -0.143. The van der Waals surface area contributed by atoms with Crippen LogP contribution in [0.15, 0.2) is 36.4 Å². The standard InChI is InChI=1S/C17H20N2O3/c1-11(2)10-15(17(21)22-3)19-16(20)14-9-8-12-6-4-5-7-13(12)18-14/h4-9,11,15H,10H2,1-3H3,(H,19,20)/t15-/m1/s1. The summed E-state index contributed by atoms with van der Waals surface area (Å²) in [7, 11) is 1.32. The highest BCUT2D eigenvalue weighted by Gasteiger charge is 2.23. The zero-order chi connectivity index (χ0) is 16.1. The summed E-state index contributed by atoms with van der Waals surface area (Å²) in [5.74, 6) is -0.557. The molecule has 0 fully saturated rings. The minimum atomic E-state index is -0.661. The quantitative estimate of drug-likeness (QED) is 0.862. The maximum Gasteiger partial charge on any atom is 0.328 e. The summed E-state index contributed by atoms with van der Waals surface area (Å²) in [6, 6.07) is 10.4. The number of para-hydroxylation sites is 1. The molecule has 0 aliphatic heterocycles. The Morgan fingerprint density at radius 3 is 2.59 bits per heavy atom. The van der Waals surface area contributed by atoms with E-state index in [4.69, 9.17) is 4.74 Å². The molecule has 1 heterocycles. The van der Waals surface area contributed by atoms with Gasteiger partial charge in [0.25, 0.3) is 5.91 Å². The van der Waals surface area contributed by atoms with Crippen molar-refractivity contribution in [3.8, 4) is 0 Å². The number of rotatable bonds is 5. The number of nitrogens with one attached hydrogen (secondary N) is 1. The topological polar surface area (TPSA) is 68.3 Å². The van der Waals surface area contributed by atoms with Gasteiger partial charge in [0.2, 0.25) is 0 Å². The van der Waals surface area contributed by atoms with E-state index < -0.39 is 12.0 Å². The van der Waals surface area contributed by atoms with Crippen molar-refractivity contribution in [1.82, 2.24) is 10.3 Å². The van der Waals surface area contributed by atoms with Gasteiger partial charge in [0, 0.05) is 5.39 Å². The predicted octanol–water partition coefficient (Wildman–Crippen LogP) is 2.55. The van der Waals surface area contributed by atoms with E-state index in [1.165, 1.54) is 7.11 Å². The van der Waals surface area contributed by atoms with Crippen molar-refractivity contribution in [2.24, 2.45) is 5.92 Å². The maximum atomic E-state index is 12.3. The molecule has 2 aromatic rings. The molecule has 5 heteroatoms. The Bertz CT molecular complexity index is 682. The van der Waals surface area contributed by atoms with Crippen LogP contribution in [0, 0.1) is 5.92 Å². The number of nitrogens with zero attached hydrogens (tertiary/aromatic N) is 1. The van der Waals surface area contributed by atoms with Gasteiger partial charge in [-0.05, 0) is 24.5 Å². The summed E-state index contributed by atoms with van der Waals surface area (Å²) >= 11 is 0. The molecule has 116 valence electrons. The summed E-state index contributed by atoms with van der Waals surface area (Å²) in [4.78, 5) is 28.4. The molecule has 5 nitrogen and oxygen atoms in total. The lowest BCUT2D eigenvalue weighted by atomic mass is 10.0. The van der Waals surface area contributed by atoms with Gasteiger partial charge in [0.1, 0.15) is 11.7 Å². The monoisotopic (exact) mass is 300 g/mol. The highest BCUT2D eigenvalue weighted by molar-refractivity contribution is 5.97. The Balaban J connectivity index is 2.19. The van der Waals surface area contributed by atoms with E-state index in [2.05, 4.69) is 10.3 Å². The minimum Gasteiger partial charge on any atom is -0.467 e. The fourth-order valence-electron chi connectivity index (χ4n) is 2.25. The van der Waals surface area contributed by atoms with Gasteiger partial charge in [-0.25, -0.2) is 9.78 Å². The fourth-order valence-corrected chi connectivity index (χ4v) is 2.25. The Morgan fingerprint density at radius 2 is 1.91 bits per heavy atom. The minimum absolute atomic E-state index is 0.258. The third-order valence-corrected chi connectivity index (χ3v) is 3.33. The van der Waals surface area contributed by atoms with Crippen LogP contribution in [0.4, 0.5) is 0 Å². The average Bonchev–Trinajstić information content (AvgIpc) is 2.52. The second kappa shape index (κ2) is 7.02. The van der Waals surface area contributed by atoms with Crippen molar-refractivity contribution in [2.75, 3.05) is 7.11 Å². The summed E-state index contributed by atoms with van der Waals surface area (Å²) in [5, 5.41) is 3.67. The number of carbonyl (C=O) groups excluding carboxylic acids is 2. The Morgan fingerprint density at radius 1 is 1.18 bits per heavy atom. The van der Waals surface area contributed by atoms with Gasteiger partial charge in [-0.15, -0.1) is 0 Å². The molecule has 2 rings (SSSR count). The van der Waals surface area contributed by atoms with Crippen LogP contribution in [0.25, 0.3) is 10.9 Å². The van der Waals surface area contributed by atoms with Gasteiger partial charge in [0.05, 0.1) is 12.6 Å². The van der Waals surface area contributed by atoms with E-state index in [0.29, 0.717) is 6.42 Å². The van der Waals surface area contributed by atoms with E-state index in [1.807, 2.05) is 44.2 Å². The molecular weight excluding hydrogens is 280 g/mol. The molecule has 0 aliphatic rings. The molecule has 0 bridgehead atoms. The van der Waals surface area contributed by atoms with E-state index in [1.54, 1.807) is 6.07 Å². The molecule has 0 unspecified atom stereocenters. The lowest BCUT2D eigenvalue weighted by Crippen LogP contribution is -2.42. The Kier molecular flexibility index (Phi) is 5.09. The SMILES string of the molecule is COC(=O)[C@@H](CC(C)C)NC(=O)c1ccc2ccccc2n1. The average molecular weight is 300 g/mol. The highest BCUT2D eigenvalue weighted by Crippen LogP contribution is 2.12. The molecule has 1 N–H and O–H groups in total. The molecule has 1 aromatic carbocycles. The normalized spacial score (nSPS) is 12.2. The van der Waals surface area contributed by atoms with Crippen molar-refractivity contribution < 1.29 is 14.3 Å². The van der Waals surface area contributed by atoms with E-state index in [0.717, 1.165) is 10.9 Å². The van der Waals surface area contributed by atoms with Crippen LogP contribution in [0.5, 0.6) is 0 Å². The molecule has 0 radical (unpaired) electrons. The molecule has 1 atom stereocenters. The second-order valence-electron chi connectivity index (χ2n) is 5.57. The van der Waals surface area contributed by atoms with Crippen LogP contribution in [-0.2, 0) is 9.53 Å². The summed E-state index contributed by atoms with van der Waals surface area (Å²) < 4.78 is 4.75. The van der Waals surface area contributed by atoms with E-state index in [-0.39, 0.29) is 17.5 Å². The van der Waals surface area contributed by atoms with Crippen molar-refractivity contribution in [2.45, 2.75) is 26.3 Å². The van der Waals surface area contributed by atoms with Crippen molar-refractivity contribution >= 4 is 22.8 Å². The fraction of sp³-hybridized carbons (Fsp3) is 0.353. The maximum absolute atomic E-state index is 12.3. The number of hydrogen-bond donors (Lipinski definition) is 1. The number of aromatic nitrogens is 1. The first-order chi connectivity index (χ1) is 10.5. The lowest BCUT2D eigenvalue weighted by Gasteiger charge is -2.18. The molecule has 1 amide bonds.